The number of anilines is 3. The smallest absolute Gasteiger partial charge is 0.233 e. The topological polar surface area (TPSA) is 149 Å². The highest BCUT2D eigenvalue weighted by Gasteiger charge is 2.45. The quantitative estimate of drug-likeness (QED) is 0.155. The van der Waals surface area contributed by atoms with Crippen molar-refractivity contribution in [1.82, 2.24) is 44.5 Å². The normalized spacial score (nSPS) is 22.0. The van der Waals surface area contributed by atoms with Gasteiger partial charge in [0.15, 0.2) is 5.82 Å². The molecule has 5 aliphatic heterocycles. The standard InChI is InChI=1S/C44H56N10O2.C14H17N3/c1-30-25-44(29-53(30)39-11-8-34(26-45)43-37(39)5-4-19-46-43)17-23-51(24-18-44)41-12-13-42(48-47-41)56-36-9-6-33(7-10-36)27-50-20-14-35(15-21-50)54-40-16-22-52(32(3)55)28-38(40)31(2)49-54;1-10-6-14-11(4-3-5-15-14)7-13(10)12-8-16-17(2)9-12/h4-5,8,11-13,19,30,33,35-36H,6-7,9-10,14-18,20-25,27-29H2,1-3H3;6-9,15H,3-5H2,1-2H3. The van der Waals surface area contributed by atoms with Gasteiger partial charge in [-0.25, -0.2) is 0 Å². The number of ether oxygens (including phenoxy) is 1. The lowest BCUT2D eigenvalue weighted by atomic mass is 9.77. The number of aryl methyl sites for hydroxylation is 4. The Morgan fingerprint density at radius 2 is 1.78 bits per heavy atom. The zero-order valence-corrected chi connectivity index (χ0v) is 43.7. The van der Waals surface area contributed by atoms with Crippen LogP contribution >= 0.6 is 0 Å². The van der Waals surface area contributed by atoms with Gasteiger partial charge in [0.1, 0.15) is 12.2 Å². The monoisotopic (exact) mass is 984 g/mol. The van der Waals surface area contributed by atoms with E-state index < -0.39 is 0 Å². The first kappa shape index (κ1) is 48.7. The minimum atomic E-state index is 0.156. The molecule has 12 rings (SSSR count). The Kier molecular flexibility index (Phi) is 13.9. The van der Waals surface area contributed by atoms with Crippen LogP contribution in [0.5, 0.6) is 5.88 Å². The molecular formula is C58H73N13O2. The zero-order chi connectivity index (χ0) is 50.2. The SMILES string of the molecule is CC(=O)N1CCc2c(c(C)nn2C2CCN(CC3CCC(Oc4ccc(N5CCC6(CC5)CC(C)N(c5ccc(C#N)c7ncccc57)C6)nn4)CC3)CC2)C1.Cc1cc2c(cc1-c1cnn(C)c1)CCCN2. The maximum absolute atomic E-state index is 12.0. The van der Waals surface area contributed by atoms with Gasteiger partial charge in [-0.2, -0.15) is 15.5 Å². The van der Waals surface area contributed by atoms with Crippen molar-refractivity contribution in [1.29, 1.82) is 5.26 Å². The van der Waals surface area contributed by atoms with E-state index in [1.165, 1.54) is 83.5 Å². The predicted octanol–water partition coefficient (Wildman–Crippen LogP) is 9.22. The van der Waals surface area contributed by atoms with Crippen LogP contribution in [0.3, 0.4) is 0 Å². The van der Waals surface area contributed by atoms with Crippen molar-refractivity contribution < 1.29 is 9.53 Å². The summed E-state index contributed by atoms with van der Waals surface area (Å²) in [5, 5.41) is 32.6. The fourth-order valence-corrected chi connectivity index (χ4v) is 13.3. The molecule has 1 unspecified atom stereocenters. The van der Waals surface area contributed by atoms with Gasteiger partial charge in [0.25, 0.3) is 0 Å². The predicted molar refractivity (Wildman–Crippen MR) is 287 cm³/mol. The second kappa shape index (κ2) is 20.8. The molecule has 0 bridgehead atoms. The van der Waals surface area contributed by atoms with E-state index in [2.05, 4.69) is 108 Å². The molecule has 382 valence electrons. The minimum Gasteiger partial charge on any atom is -0.473 e. The number of piperidine rings is 2. The van der Waals surface area contributed by atoms with Gasteiger partial charge in [0, 0.05) is 137 Å². The van der Waals surface area contributed by atoms with E-state index in [1.807, 2.05) is 41.0 Å². The van der Waals surface area contributed by atoms with Crippen LogP contribution in [-0.2, 0) is 31.2 Å². The van der Waals surface area contributed by atoms with Crippen molar-refractivity contribution in [3.8, 4) is 23.1 Å². The molecule has 4 aromatic heterocycles. The molecule has 1 aliphatic carbocycles. The second-order valence-electron chi connectivity index (χ2n) is 22.2. The van der Waals surface area contributed by atoms with E-state index in [0.717, 1.165) is 119 Å². The summed E-state index contributed by atoms with van der Waals surface area (Å²) >= 11 is 0. The summed E-state index contributed by atoms with van der Waals surface area (Å²) in [5.74, 6) is 2.45. The number of pyridine rings is 1. The van der Waals surface area contributed by atoms with Gasteiger partial charge in [0.05, 0.1) is 29.0 Å². The van der Waals surface area contributed by atoms with E-state index in [-0.39, 0.29) is 17.4 Å². The van der Waals surface area contributed by atoms with E-state index in [0.29, 0.717) is 30.1 Å². The van der Waals surface area contributed by atoms with Gasteiger partial charge in [-0.3, -0.25) is 19.1 Å². The van der Waals surface area contributed by atoms with E-state index in [4.69, 9.17) is 9.84 Å². The largest absolute Gasteiger partial charge is 0.473 e. The molecule has 4 fully saturated rings. The van der Waals surface area contributed by atoms with Crippen molar-refractivity contribution in [2.24, 2.45) is 18.4 Å². The lowest BCUT2D eigenvalue weighted by Gasteiger charge is -2.39. The van der Waals surface area contributed by atoms with Gasteiger partial charge < -0.3 is 29.7 Å². The Balaban J connectivity index is 0.000000284. The molecule has 1 saturated carbocycles. The maximum Gasteiger partial charge on any atom is 0.233 e. The Morgan fingerprint density at radius 3 is 2.52 bits per heavy atom. The van der Waals surface area contributed by atoms with Crippen LogP contribution in [-0.4, -0.2) is 115 Å². The number of rotatable bonds is 8. The van der Waals surface area contributed by atoms with E-state index in [1.54, 1.807) is 13.1 Å². The molecule has 6 aliphatic rings. The molecule has 2 aromatic carbocycles. The number of hydrogen-bond acceptors (Lipinski definition) is 12. The molecule has 15 heteroatoms. The number of fused-ring (bicyclic) bond motifs is 3. The second-order valence-corrected chi connectivity index (χ2v) is 22.2. The number of likely N-dealkylation sites (tertiary alicyclic amines) is 1. The molecule has 9 heterocycles. The molecule has 1 N–H and O–H groups in total. The number of benzene rings is 2. The molecule has 1 atom stereocenters. The summed E-state index contributed by atoms with van der Waals surface area (Å²) in [6, 6.07) is 20.0. The van der Waals surface area contributed by atoms with Gasteiger partial charge in [-0.1, -0.05) is 0 Å². The highest BCUT2D eigenvalue weighted by molar-refractivity contribution is 5.95. The average molecular weight is 984 g/mol. The Hall–Kier alpha value is -6.53. The summed E-state index contributed by atoms with van der Waals surface area (Å²) in [6.45, 7) is 17.3. The zero-order valence-electron chi connectivity index (χ0n) is 43.7. The number of aromatic nitrogens is 7. The van der Waals surface area contributed by atoms with Crippen LogP contribution in [0.25, 0.3) is 22.0 Å². The number of nitrogens with one attached hydrogen (secondary N) is 1. The van der Waals surface area contributed by atoms with Crippen LogP contribution < -0.4 is 19.9 Å². The number of nitriles is 1. The number of carbonyl (C=O) groups excluding carboxylic acids is 1. The molecule has 15 nitrogen and oxygen atoms in total. The van der Waals surface area contributed by atoms with Crippen molar-refractivity contribution in [3.05, 3.63) is 101 Å². The minimum absolute atomic E-state index is 0.156. The molecule has 73 heavy (non-hydrogen) atoms. The summed E-state index contributed by atoms with van der Waals surface area (Å²) in [6.07, 6.45) is 19.5. The first-order valence-corrected chi connectivity index (χ1v) is 27.2. The number of amides is 1. The third-order valence-electron chi connectivity index (χ3n) is 17.4. The third-order valence-corrected chi connectivity index (χ3v) is 17.4. The summed E-state index contributed by atoms with van der Waals surface area (Å²) in [7, 11) is 1.96. The van der Waals surface area contributed by atoms with Gasteiger partial charge >= 0.3 is 0 Å². The van der Waals surface area contributed by atoms with Crippen molar-refractivity contribution in [2.45, 2.75) is 129 Å². The average Bonchev–Trinajstić information content (AvgIpc) is 4.10. The van der Waals surface area contributed by atoms with Crippen LogP contribution in [0.15, 0.2) is 67.1 Å². The molecular weight excluding hydrogens is 911 g/mol. The lowest BCUT2D eigenvalue weighted by Crippen LogP contribution is -2.42. The van der Waals surface area contributed by atoms with Gasteiger partial charge in [0.2, 0.25) is 11.8 Å². The van der Waals surface area contributed by atoms with Crippen molar-refractivity contribution in [3.63, 3.8) is 0 Å². The van der Waals surface area contributed by atoms with Crippen LogP contribution in [0.4, 0.5) is 17.2 Å². The van der Waals surface area contributed by atoms with Crippen molar-refractivity contribution in [2.75, 3.05) is 67.5 Å². The highest BCUT2D eigenvalue weighted by Crippen LogP contribution is 2.47. The summed E-state index contributed by atoms with van der Waals surface area (Å²) < 4.78 is 10.6. The first-order chi connectivity index (χ1) is 35.5. The van der Waals surface area contributed by atoms with Gasteiger partial charge in [-0.15, -0.1) is 10.2 Å². The Bertz CT molecular complexity index is 2970. The van der Waals surface area contributed by atoms with Gasteiger partial charge in [-0.05, 0) is 162 Å². The maximum atomic E-state index is 12.0. The summed E-state index contributed by atoms with van der Waals surface area (Å²) in [5.41, 5.74) is 13.2. The fraction of sp³-hybridized carbons (Fsp3) is 0.534. The molecule has 1 spiro atoms. The third kappa shape index (κ3) is 10.2. The van der Waals surface area contributed by atoms with Crippen LogP contribution in [0.2, 0.25) is 0 Å². The highest BCUT2D eigenvalue weighted by atomic mass is 16.5. The van der Waals surface area contributed by atoms with E-state index >= 15 is 0 Å². The number of hydrogen-bond donors (Lipinski definition) is 1. The first-order valence-electron chi connectivity index (χ1n) is 27.2. The van der Waals surface area contributed by atoms with E-state index in [9.17, 15) is 10.1 Å². The van der Waals surface area contributed by atoms with Crippen LogP contribution in [0.1, 0.15) is 118 Å². The molecule has 1 amide bonds. The molecule has 0 radical (unpaired) electrons. The molecule has 6 aromatic rings. The van der Waals surface area contributed by atoms with Crippen molar-refractivity contribution >= 4 is 34.0 Å². The Labute approximate surface area is 430 Å². The number of nitrogens with zero attached hydrogens (tertiary/aromatic N) is 12. The summed E-state index contributed by atoms with van der Waals surface area (Å²) in [4.78, 5) is 26.1. The molecule has 3 saturated heterocycles. The number of carbonyl (C=O) groups is 1. The Morgan fingerprint density at radius 1 is 0.959 bits per heavy atom. The fourth-order valence-electron chi connectivity index (χ4n) is 13.3. The van der Waals surface area contributed by atoms with Crippen LogP contribution in [0, 0.1) is 36.5 Å². The lowest BCUT2D eigenvalue weighted by molar-refractivity contribution is -0.129.